The molecule has 2 aromatic rings. The first kappa shape index (κ1) is 25.5. The first-order chi connectivity index (χ1) is 16.2. The number of aromatic nitrogens is 1. The molecule has 1 saturated heterocycles. The third kappa shape index (κ3) is 6.03. The van der Waals surface area contributed by atoms with E-state index >= 15 is 0 Å². The fraction of sp³-hybridized carbons (Fsp3) is 0.360. The minimum atomic E-state index is -1.56. The van der Waals surface area contributed by atoms with E-state index in [1.165, 1.54) is 22.9 Å². The maximum absolute atomic E-state index is 13.5. The lowest BCUT2D eigenvalue weighted by atomic mass is 9.97. The second kappa shape index (κ2) is 11.3. The summed E-state index contributed by atoms with van der Waals surface area (Å²) in [6.45, 7) is 7.66. The lowest BCUT2D eigenvalue weighted by Crippen LogP contribution is -2.58. The average molecular weight is 483 g/mol. The number of benzene rings is 1. The zero-order chi connectivity index (χ0) is 24.7. The molecule has 0 radical (unpaired) electrons. The van der Waals surface area contributed by atoms with Gasteiger partial charge in [0.1, 0.15) is 11.7 Å². The van der Waals surface area contributed by atoms with E-state index in [1.54, 1.807) is 24.3 Å². The highest BCUT2D eigenvalue weighted by Gasteiger charge is 2.49. The number of pyridine rings is 1. The van der Waals surface area contributed by atoms with Crippen molar-refractivity contribution in [1.29, 1.82) is 0 Å². The summed E-state index contributed by atoms with van der Waals surface area (Å²) in [6.07, 6.45) is 1.73. The Hall–Kier alpha value is -3.17. The number of thioether (sulfide) groups is 1. The van der Waals surface area contributed by atoms with Gasteiger partial charge in [-0.3, -0.25) is 19.4 Å². The van der Waals surface area contributed by atoms with Crippen LogP contribution in [-0.2, 0) is 16.0 Å². The molecule has 1 aliphatic rings. The molecule has 34 heavy (non-hydrogen) atoms. The quantitative estimate of drug-likeness (QED) is 0.470. The van der Waals surface area contributed by atoms with Crippen molar-refractivity contribution < 1.29 is 19.5 Å². The fourth-order valence-electron chi connectivity index (χ4n) is 3.87. The van der Waals surface area contributed by atoms with Crippen LogP contribution in [0.15, 0.2) is 67.4 Å². The van der Waals surface area contributed by atoms with Gasteiger partial charge in [0.05, 0.1) is 11.9 Å². The van der Waals surface area contributed by atoms with Gasteiger partial charge in [-0.05, 0) is 38.0 Å². The van der Waals surface area contributed by atoms with Crippen molar-refractivity contribution in [3.8, 4) is 0 Å². The van der Waals surface area contributed by atoms with E-state index in [4.69, 9.17) is 0 Å². The van der Waals surface area contributed by atoms with Crippen LogP contribution in [0.25, 0.3) is 0 Å². The van der Waals surface area contributed by atoms with Crippen LogP contribution in [0.2, 0.25) is 0 Å². The van der Waals surface area contributed by atoms with Crippen LogP contribution in [0.4, 0.5) is 0 Å². The minimum Gasteiger partial charge on any atom is -0.381 e. The van der Waals surface area contributed by atoms with Gasteiger partial charge in [-0.2, -0.15) is 0 Å². The van der Waals surface area contributed by atoms with E-state index in [-0.39, 0.29) is 30.4 Å². The van der Waals surface area contributed by atoms with E-state index in [1.807, 2.05) is 44.2 Å². The van der Waals surface area contributed by atoms with Crippen molar-refractivity contribution in [1.82, 2.24) is 20.5 Å². The predicted octanol–water partition coefficient (Wildman–Crippen LogP) is 1.77. The zero-order valence-electron chi connectivity index (χ0n) is 19.3. The van der Waals surface area contributed by atoms with Gasteiger partial charge in [0.15, 0.2) is 6.10 Å². The highest BCUT2D eigenvalue weighted by Crippen LogP contribution is 2.39. The predicted molar refractivity (Wildman–Crippen MR) is 132 cm³/mol. The Morgan fingerprint density at radius 2 is 1.94 bits per heavy atom. The van der Waals surface area contributed by atoms with Gasteiger partial charge in [-0.1, -0.05) is 42.5 Å². The third-order valence-electron chi connectivity index (χ3n) is 5.64. The number of nitrogens with one attached hydrogen (secondary N) is 2. The van der Waals surface area contributed by atoms with Crippen LogP contribution in [0, 0.1) is 0 Å². The summed E-state index contributed by atoms with van der Waals surface area (Å²) in [6, 6.07) is 12.5. The summed E-state index contributed by atoms with van der Waals surface area (Å²) < 4.78 is -0.549. The molecule has 0 spiro atoms. The molecular formula is C25H30N4O4S. The van der Waals surface area contributed by atoms with Crippen LogP contribution >= 0.6 is 11.8 Å². The van der Waals surface area contributed by atoms with Gasteiger partial charge in [0.25, 0.3) is 11.8 Å². The van der Waals surface area contributed by atoms with Gasteiger partial charge in [-0.25, -0.2) is 0 Å². The van der Waals surface area contributed by atoms with Gasteiger partial charge >= 0.3 is 0 Å². The number of rotatable bonds is 9. The summed E-state index contributed by atoms with van der Waals surface area (Å²) in [7, 11) is 0. The molecule has 180 valence electrons. The number of hydrogen-bond donors (Lipinski definition) is 3. The van der Waals surface area contributed by atoms with Gasteiger partial charge < -0.3 is 20.6 Å². The Labute approximate surface area is 203 Å². The molecule has 1 aliphatic heterocycles. The highest BCUT2D eigenvalue weighted by atomic mass is 32.2. The Morgan fingerprint density at radius 3 is 2.59 bits per heavy atom. The first-order valence-electron chi connectivity index (χ1n) is 11.0. The number of carbonyl (C=O) groups is 3. The topological polar surface area (TPSA) is 112 Å². The van der Waals surface area contributed by atoms with Gasteiger partial charge in [-0.15, -0.1) is 18.3 Å². The maximum atomic E-state index is 13.5. The van der Waals surface area contributed by atoms with E-state index in [9.17, 15) is 19.5 Å². The van der Waals surface area contributed by atoms with Crippen molar-refractivity contribution in [3.05, 3.63) is 78.6 Å². The van der Waals surface area contributed by atoms with Crippen molar-refractivity contribution >= 4 is 29.5 Å². The summed E-state index contributed by atoms with van der Waals surface area (Å²) in [4.78, 5) is 44.6. The number of amides is 3. The van der Waals surface area contributed by atoms with Crippen LogP contribution < -0.4 is 10.6 Å². The summed E-state index contributed by atoms with van der Waals surface area (Å²) in [5, 5.41) is 16.7. The van der Waals surface area contributed by atoms with Crippen LogP contribution in [0.1, 0.15) is 29.9 Å². The molecule has 0 saturated carbocycles. The normalized spacial score (nSPS) is 18.6. The number of nitrogens with zero attached hydrogens (tertiary/aromatic N) is 2. The van der Waals surface area contributed by atoms with Crippen molar-refractivity contribution in [2.24, 2.45) is 0 Å². The smallest absolute Gasteiger partial charge is 0.270 e. The zero-order valence-corrected chi connectivity index (χ0v) is 20.1. The van der Waals surface area contributed by atoms with Crippen LogP contribution in [0.3, 0.4) is 0 Å². The molecule has 3 unspecified atom stereocenters. The minimum absolute atomic E-state index is 0.180. The summed E-state index contributed by atoms with van der Waals surface area (Å²) >= 11 is 1.46. The van der Waals surface area contributed by atoms with Crippen molar-refractivity contribution in [2.45, 2.75) is 43.2 Å². The Kier molecular flexibility index (Phi) is 8.46. The lowest BCUT2D eigenvalue weighted by molar-refractivity contribution is -0.147. The molecule has 3 amide bonds. The summed E-state index contributed by atoms with van der Waals surface area (Å²) in [5.41, 5.74) is 1.02. The molecule has 8 nitrogen and oxygen atoms in total. The van der Waals surface area contributed by atoms with Crippen LogP contribution in [-0.4, -0.2) is 68.1 Å². The fourth-order valence-corrected chi connectivity index (χ4v) is 5.01. The molecule has 1 fully saturated rings. The second-order valence-corrected chi connectivity index (χ2v) is 10.1. The standard InChI is InChI=1S/C25H30N4O4S/c1-4-13-27-23(32)21-25(2,3)34-16-29(21)24(33)20(30)19(15-17-10-6-5-7-11-17)28-22(31)18-12-8-9-14-26-18/h4-12,14,19-21,30H,1,13,15-16H2,2-3H3,(H,27,32)(H,28,31). The van der Waals surface area contributed by atoms with Crippen molar-refractivity contribution in [3.63, 3.8) is 0 Å². The average Bonchev–Trinajstić information content (AvgIpc) is 3.17. The lowest BCUT2D eigenvalue weighted by Gasteiger charge is -2.33. The maximum Gasteiger partial charge on any atom is 0.270 e. The SMILES string of the molecule is C=CCNC(=O)C1N(C(=O)C(O)C(Cc2ccccc2)NC(=O)c2ccccn2)CSC1(C)C. The van der Waals surface area contributed by atoms with Crippen LogP contribution in [0.5, 0.6) is 0 Å². The van der Waals surface area contributed by atoms with E-state index in [0.29, 0.717) is 0 Å². The van der Waals surface area contributed by atoms with Crippen molar-refractivity contribution in [2.75, 3.05) is 12.4 Å². The van der Waals surface area contributed by atoms with Gasteiger partial charge in [0, 0.05) is 17.5 Å². The van der Waals surface area contributed by atoms with E-state index in [2.05, 4.69) is 22.2 Å². The van der Waals surface area contributed by atoms with Gasteiger partial charge in [0.2, 0.25) is 5.91 Å². The molecule has 9 heteroatoms. The number of aliphatic hydroxyl groups is 1. The number of carbonyl (C=O) groups excluding carboxylic acids is 3. The molecule has 3 atom stereocenters. The molecule has 3 N–H and O–H groups in total. The molecular weight excluding hydrogens is 452 g/mol. The summed E-state index contributed by atoms with van der Waals surface area (Å²) in [5.74, 6) is -1.17. The monoisotopic (exact) mass is 482 g/mol. The molecule has 2 heterocycles. The van der Waals surface area contributed by atoms with E-state index in [0.717, 1.165) is 5.56 Å². The Balaban J connectivity index is 1.84. The second-order valence-electron chi connectivity index (χ2n) is 8.55. The van der Waals surface area contributed by atoms with E-state index < -0.39 is 34.7 Å². The Morgan fingerprint density at radius 1 is 1.24 bits per heavy atom. The molecule has 3 rings (SSSR count). The Bertz CT molecular complexity index is 1020. The molecule has 0 bridgehead atoms. The highest BCUT2D eigenvalue weighted by molar-refractivity contribution is 8.00. The number of aliphatic hydroxyl groups excluding tert-OH is 1. The molecule has 0 aliphatic carbocycles. The largest absolute Gasteiger partial charge is 0.381 e. The number of hydrogen-bond acceptors (Lipinski definition) is 6. The third-order valence-corrected chi connectivity index (χ3v) is 7.02. The molecule has 1 aromatic carbocycles. The molecule has 1 aromatic heterocycles. The first-order valence-corrected chi connectivity index (χ1v) is 12.0.